The minimum atomic E-state index is -4.37. The average Bonchev–Trinajstić information content (AvgIpc) is 2.75. The third kappa shape index (κ3) is 2.61. The van der Waals surface area contributed by atoms with Crippen molar-refractivity contribution in [3.63, 3.8) is 0 Å². The first-order chi connectivity index (χ1) is 9.78. The van der Waals surface area contributed by atoms with Gasteiger partial charge in [-0.25, -0.2) is 0 Å². The Balaban J connectivity index is 1.81. The number of rotatable bonds is 1. The number of hydrogen-bond acceptors (Lipinski definition) is 3. The molecule has 0 amide bonds. The minimum Gasteiger partial charge on any atom is -0.341 e. The number of fused-ring (bicyclic) bond motifs is 1. The van der Waals surface area contributed by atoms with Crippen molar-refractivity contribution in [3.05, 3.63) is 47.5 Å². The molecular formula is C15H13F3O3. The number of alkyl halides is 3. The molecule has 0 bridgehead atoms. The van der Waals surface area contributed by atoms with Crippen LogP contribution in [-0.2, 0) is 20.4 Å². The Bertz CT molecular complexity index is 591. The Hall–Kier alpha value is -1.66. The van der Waals surface area contributed by atoms with Crippen LogP contribution in [0, 0.1) is 0 Å². The van der Waals surface area contributed by atoms with E-state index in [1.165, 1.54) is 18.2 Å². The van der Waals surface area contributed by atoms with Gasteiger partial charge in [0.25, 0.3) is 0 Å². The largest absolute Gasteiger partial charge is 0.416 e. The van der Waals surface area contributed by atoms with Crippen molar-refractivity contribution < 1.29 is 27.4 Å². The Kier molecular flexibility index (Phi) is 3.18. The van der Waals surface area contributed by atoms with E-state index in [9.17, 15) is 18.0 Å². The summed E-state index contributed by atoms with van der Waals surface area (Å²) < 4.78 is 49.0. The maximum absolute atomic E-state index is 12.5. The van der Waals surface area contributed by atoms with Gasteiger partial charge < -0.3 is 9.47 Å². The van der Waals surface area contributed by atoms with Crippen LogP contribution in [0.1, 0.15) is 30.8 Å². The molecule has 1 heterocycles. The summed E-state index contributed by atoms with van der Waals surface area (Å²) in [6, 6.07) is 4.65. The molecule has 0 saturated carbocycles. The molecule has 1 fully saturated rings. The second-order valence-corrected chi connectivity index (χ2v) is 5.38. The third-order valence-electron chi connectivity index (χ3n) is 3.79. The molecule has 1 aromatic rings. The van der Waals surface area contributed by atoms with Crippen LogP contribution in [0.15, 0.2) is 36.4 Å². The zero-order valence-electron chi connectivity index (χ0n) is 11.2. The standard InChI is InChI=1S/C15H13F3O3/c1-14-7-6-11(19)8-12(14)20-13(21-14)9-2-4-10(5-3-9)15(16,17)18/h2-7,12-13H,8H2,1H3/t12-,13+,14+/m0/s1. The lowest BCUT2D eigenvalue weighted by Crippen LogP contribution is -2.38. The van der Waals surface area contributed by atoms with Gasteiger partial charge in [0, 0.05) is 12.0 Å². The lowest BCUT2D eigenvalue weighted by Gasteiger charge is -2.27. The molecule has 112 valence electrons. The second kappa shape index (κ2) is 4.68. The Morgan fingerprint density at radius 3 is 2.52 bits per heavy atom. The van der Waals surface area contributed by atoms with Gasteiger partial charge in [-0.2, -0.15) is 13.2 Å². The van der Waals surface area contributed by atoms with E-state index in [4.69, 9.17) is 9.47 Å². The molecule has 3 atom stereocenters. The van der Waals surface area contributed by atoms with Gasteiger partial charge in [-0.3, -0.25) is 4.79 Å². The number of benzene rings is 1. The summed E-state index contributed by atoms with van der Waals surface area (Å²) in [4.78, 5) is 11.4. The average molecular weight is 298 g/mol. The van der Waals surface area contributed by atoms with Crippen LogP contribution in [0.3, 0.4) is 0 Å². The number of ketones is 1. The van der Waals surface area contributed by atoms with E-state index in [-0.39, 0.29) is 12.2 Å². The van der Waals surface area contributed by atoms with Crippen molar-refractivity contribution in [2.24, 2.45) is 0 Å². The van der Waals surface area contributed by atoms with Crippen molar-refractivity contribution in [3.8, 4) is 0 Å². The lowest BCUT2D eigenvalue weighted by atomic mass is 9.89. The molecule has 0 spiro atoms. The number of hydrogen-bond donors (Lipinski definition) is 0. The fraction of sp³-hybridized carbons (Fsp3) is 0.400. The molecule has 0 radical (unpaired) electrons. The molecule has 3 rings (SSSR count). The molecule has 0 aromatic heterocycles. The SMILES string of the molecule is C[C@@]12C=CC(=O)C[C@@H]1O[C@@H](c1ccc(C(F)(F)F)cc1)O2. The summed E-state index contributed by atoms with van der Waals surface area (Å²) >= 11 is 0. The third-order valence-corrected chi connectivity index (χ3v) is 3.79. The van der Waals surface area contributed by atoms with Crippen molar-refractivity contribution in [2.45, 2.75) is 37.5 Å². The predicted molar refractivity (Wildman–Crippen MR) is 67.3 cm³/mol. The van der Waals surface area contributed by atoms with Gasteiger partial charge in [0.1, 0.15) is 11.7 Å². The van der Waals surface area contributed by atoms with E-state index in [0.717, 1.165) is 12.1 Å². The predicted octanol–water partition coefficient (Wildman–Crippen LogP) is 3.41. The van der Waals surface area contributed by atoms with Crippen molar-refractivity contribution in [1.29, 1.82) is 0 Å². The van der Waals surface area contributed by atoms with E-state index in [1.54, 1.807) is 13.0 Å². The van der Waals surface area contributed by atoms with Crippen molar-refractivity contribution in [1.82, 2.24) is 0 Å². The molecular weight excluding hydrogens is 285 g/mol. The first-order valence-electron chi connectivity index (χ1n) is 6.50. The fourth-order valence-corrected chi connectivity index (χ4v) is 2.50. The van der Waals surface area contributed by atoms with Gasteiger partial charge in [0.2, 0.25) is 0 Å². The van der Waals surface area contributed by atoms with E-state index in [2.05, 4.69) is 0 Å². The molecule has 6 heteroatoms. The van der Waals surface area contributed by atoms with E-state index < -0.39 is 29.7 Å². The molecule has 1 saturated heterocycles. The van der Waals surface area contributed by atoms with E-state index >= 15 is 0 Å². The molecule has 0 unspecified atom stereocenters. The van der Waals surface area contributed by atoms with Gasteiger partial charge in [0.05, 0.1) is 5.56 Å². The summed E-state index contributed by atoms with van der Waals surface area (Å²) in [6.07, 6.45) is -2.24. The topological polar surface area (TPSA) is 35.5 Å². The van der Waals surface area contributed by atoms with E-state index in [0.29, 0.717) is 5.56 Å². The first-order valence-corrected chi connectivity index (χ1v) is 6.50. The molecule has 1 aliphatic heterocycles. The lowest BCUT2D eigenvalue weighted by molar-refractivity contribution is -0.137. The first kappa shape index (κ1) is 14.3. The monoisotopic (exact) mass is 298 g/mol. The zero-order chi connectivity index (χ0) is 15.3. The van der Waals surface area contributed by atoms with Crippen LogP contribution in [0.2, 0.25) is 0 Å². The van der Waals surface area contributed by atoms with Gasteiger partial charge in [-0.15, -0.1) is 0 Å². The normalized spacial score (nSPS) is 32.3. The molecule has 0 N–H and O–H groups in total. The van der Waals surface area contributed by atoms with Crippen molar-refractivity contribution in [2.75, 3.05) is 0 Å². The van der Waals surface area contributed by atoms with Crippen molar-refractivity contribution >= 4 is 5.78 Å². The summed E-state index contributed by atoms with van der Waals surface area (Å²) in [6.45, 7) is 1.80. The van der Waals surface area contributed by atoms with Gasteiger partial charge >= 0.3 is 6.18 Å². The second-order valence-electron chi connectivity index (χ2n) is 5.38. The highest BCUT2D eigenvalue weighted by molar-refractivity contribution is 5.91. The molecule has 3 nitrogen and oxygen atoms in total. The Morgan fingerprint density at radius 1 is 1.24 bits per heavy atom. The number of halogens is 3. The number of ether oxygens (including phenoxy) is 2. The highest BCUT2D eigenvalue weighted by Gasteiger charge is 2.47. The van der Waals surface area contributed by atoms with Gasteiger partial charge in [0.15, 0.2) is 12.1 Å². The van der Waals surface area contributed by atoms with Crippen LogP contribution in [0.5, 0.6) is 0 Å². The Labute approximate surface area is 119 Å². The van der Waals surface area contributed by atoms with Crippen LogP contribution in [-0.4, -0.2) is 17.5 Å². The summed E-state index contributed by atoms with van der Waals surface area (Å²) in [5.41, 5.74) is -0.941. The number of allylic oxidation sites excluding steroid dienone is 1. The molecule has 2 aliphatic rings. The van der Waals surface area contributed by atoms with E-state index in [1.807, 2.05) is 0 Å². The van der Waals surface area contributed by atoms with Crippen LogP contribution in [0.4, 0.5) is 13.2 Å². The maximum Gasteiger partial charge on any atom is 0.416 e. The quantitative estimate of drug-likeness (QED) is 0.797. The molecule has 1 aliphatic carbocycles. The van der Waals surface area contributed by atoms with Crippen LogP contribution >= 0.6 is 0 Å². The number of carbonyl (C=O) groups is 1. The highest BCUT2D eigenvalue weighted by atomic mass is 19.4. The highest BCUT2D eigenvalue weighted by Crippen LogP contribution is 2.42. The van der Waals surface area contributed by atoms with Crippen LogP contribution in [0.25, 0.3) is 0 Å². The number of carbonyl (C=O) groups excluding carboxylic acids is 1. The molecule has 1 aromatic carbocycles. The Morgan fingerprint density at radius 2 is 1.90 bits per heavy atom. The summed E-state index contributed by atoms with van der Waals surface area (Å²) in [7, 11) is 0. The minimum absolute atomic E-state index is 0.0471. The smallest absolute Gasteiger partial charge is 0.341 e. The summed E-state index contributed by atoms with van der Waals surface area (Å²) in [5.74, 6) is -0.0471. The maximum atomic E-state index is 12.5. The molecule has 21 heavy (non-hydrogen) atoms. The van der Waals surface area contributed by atoms with Gasteiger partial charge in [-0.1, -0.05) is 12.1 Å². The zero-order valence-corrected chi connectivity index (χ0v) is 11.2. The summed E-state index contributed by atoms with van der Waals surface area (Å²) in [5, 5.41) is 0. The van der Waals surface area contributed by atoms with Gasteiger partial charge in [-0.05, 0) is 31.2 Å². The van der Waals surface area contributed by atoms with Crippen LogP contribution < -0.4 is 0 Å². The fourth-order valence-electron chi connectivity index (χ4n) is 2.50.